The molecule has 1 aromatic carbocycles. The highest BCUT2D eigenvalue weighted by Gasteiger charge is 2.28. The number of amides is 2. The Morgan fingerprint density at radius 2 is 2.00 bits per heavy atom. The molecule has 1 atom stereocenters. The fraction of sp³-hybridized carbons (Fsp3) is 0.450. The molecule has 6 heteroatoms. The molecule has 1 aliphatic heterocycles. The van der Waals surface area contributed by atoms with Crippen molar-refractivity contribution in [2.45, 2.75) is 38.6 Å². The summed E-state index contributed by atoms with van der Waals surface area (Å²) in [5.74, 6) is 1.29. The van der Waals surface area contributed by atoms with Gasteiger partial charge in [0.15, 0.2) is 0 Å². The molecule has 1 N–H and O–H groups in total. The number of carbonyl (C=O) groups is 1. The van der Waals surface area contributed by atoms with Gasteiger partial charge in [-0.1, -0.05) is 12.8 Å². The molecule has 5 nitrogen and oxygen atoms in total. The number of anilines is 1. The van der Waals surface area contributed by atoms with Crippen molar-refractivity contribution >= 4 is 23.1 Å². The largest absolute Gasteiger partial charge is 0.497 e. The van der Waals surface area contributed by atoms with E-state index in [1.54, 1.807) is 31.6 Å². The molecule has 2 amide bonds. The van der Waals surface area contributed by atoms with E-state index in [2.05, 4.69) is 24.4 Å². The second-order valence-electron chi connectivity index (χ2n) is 6.50. The first-order valence-electron chi connectivity index (χ1n) is 8.98. The van der Waals surface area contributed by atoms with Crippen LogP contribution in [0.5, 0.6) is 11.5 Å². The summed E-state index contributed by atoms with van der Waals surface area (Å²) in [6, 6.07) is 9.76. The first kappa shape index (κ1) is 18.6. The fourth-order valence-electron chi connectivity index (χ4n) is 3.37. The van der Waals surface area contributed by atoms with Crippen molar-refractivity contribution < 1.29 is 14.3 Å². The van der Waals surface area contributed by atoms with Crippen LogP contribution in [0, 0.1) is 6.92 Å². The van der Waals surface area contributed by atoms with E-state index in [0.717, 1.165) is 32.2 Å². The molecule has 0 aliphatic carbocycles. The Bertz CT molecular complexity index is 759. The third-order valence-corrected chi connectivity index (χ3v) is 5.86. The van der Waals surface area contributed by atoms with Gasteiger partial charge in [-0.15, -0.1) is 11.3 Å². The van der Waals surface area contributed by atoms with E-state index in [1.165, 1.54) is 9.75 Å². The average molecular weight is 375 g/mol. The fourth-order valence-corrected chi connectivity index (χ4v) is 4.39. The lowest BCUT2D eigenvalue weighted by molar-refractivity contribution is 0.190. The number of urea groups is 1. The van der Waals surface area contributed by atoms with Gasteiger partial charge in [-0.3, -0.25) is 0 Å². The molecule has 26 heavy (non-hydrogen) atoms. The van der Waals surface area contributed by atoms with Gasteiger partial charge in [0.25, 0.3) is 0 Å². The minimum Gasteiger partial charge on any atom is -0.497 e. The number of aryl methyl sites for hydroxylation is 1. The number of hydrogen-bond donors (Lipinski definition) is 1. The van der Waals surface area contributed by atoms with E-state index in [9.17, 15) is 4.79 Å². The third-order valence-electron chi connectivity index (χ3n) is 4.75. The maximum atomic E-state index is 13.1. The minimum atomic E-state index is -0.0774. The molecule has 2 heterocycles. The standard InChI is InChI=1S/C20H26N2O3S/c1-14-8-11-19(26-14)17-7-5-4-6-12-22(17)20(23)21-16-10-9-15(24-2)13-18(16)25-3/h8-11,13,17H,4-7,12H2,1-3H3,(H,21,23)/t17-/m0/s1. The molecule has 1 aromatic heterocycles. The van der Waals surface area contributed by atoms with Crippen molar-refractivity contribution in [1.82, 2.24) is 4.90 Å². The van der Waals surface area contributed by atoms with Crippen LogP contribution in [0.25, 0.3) is 0 Å². The molecular weight excluding hydrogens is 348 g/mol. The number of thiophene rings is 1. The van der Waals surface area contributed by atoms with Crippen LogP contribution >= 0.6 is 11.3 Å². The lowest BCUT2D eigenvalue weighted by Gasteiger charge is -2.29. The summed E-state index contributed by atoms with van der Waals surface area (Å²) >= 11 is 1.78. The normalized spacial score (nSPS) is 17.5. The van der Waals surface area contributed by atoms with Crippen LogP contribution in [0.2, 0.25) is 0 Å². The van der Waals surface area contributed by atoms with E-state index in [4.69, 9.17) is 9.47 Å². The predicted octanol–water partition coefficient (Wildman–Crippen LogP) is 5.22. The van der Waals surface area contributed by atoms with Gasteiger partial charge < -0.3 is 19.7 Å². The molecule has 1 aliphatic rings. The van der Waals surface area contributed by atoms with Crippen molar-refractivity contribution in [2.24, 2.45) is 0 Å². The van der Waals surface area contributed by atoms with Gasteiger partial charge in [0.05, 0.1) is 25.9 Å². The van der Waals surface area contributed by atoms with Gasteiger partial charge >= 0.3 is 6.03 Å². The molecule has 0 radical (unpaired) electrons. The van der Waals surface area contributed by atoms with Crippen molar-refractivity contribution in [3.8, 4) is 11.5 Å². The number of methoxy groups -OCH3 is 2. The molecular formula is C20H26N2O3S. The quantitative estimate of drug-likeness (QED) is 0.798. The highest BCUT2D eigenvalue weighted by atomic mass is 32.1. The maximum absolute atomic E-state index is 13.1. The Labute approximate surface area is 158 Å². The van der Waals surface area contributed by atoms with Crippen LogP contribution in [0.4, 0.5) is 10.5 Å². The lowest BCUT2D eigenvalue weighted by Crippen LogP contribution is -2.37. The molecule has 2 aromatic rings. The summed E-state index contributed by atoms with van der Waals surface area (Å²) in [4.78, 5) is 17.6. The number of benzene rings is 1. The van der Waals surface area contributed by atoms with Gasteiger partial charge in [-0.2, -0.15) is 0 Å². The van der Waals surface area contributed by atoms with E-state index < -0.39 is 0 Å². The van der Waals surface area contributed by atoms with Crippen molar-refractivity contribution in [3.63, 3.8) is 0 Å². The van der Waals surface area contributed by atoms with Crippen LogP contribution in [-0.2, 0) is 0 Å². The van der Waals surface area contributed by atoms with E-state index in [0.29, 0.717) is 17.2 Å². The number of carbonyl (C=O) groups excluding carboxylic acids is 1. The van der Waals surface area contributed by atoms with E-state index in [-0.39, 0.29) is 12.1 Å². The number of nitrogens with one attached hydrogen (secondary N) is 1. The second-order valence-corrected chi connectivity index (χ2v) is 7.82. The first-order valence-corrected chi connectivity index (χ1v) is 9.80. The Hall–Kier alpha value is -2.21. The SMILES string of the molecule is COc1ccc(NC(=O)N2CCCCC[C@H]2c2ccc(C)s2)c(OC)c1. The summed E-state index contributed by atoms with van der Waals surface area (Å²) in [5.41, 5.74) is 0.656. The Kier molecular flexibility index (Phi) is 6.04. The summed E-state index contributed by atoms with van der Waals surface area (Å²) in [6.45, 7) is 2.88. The second kappa shape index (κ2) is 8.45. The van der Waals surface area contributed by atoms with E-state index in [1.807, 2.05) is 17.0 Å². The number of hydrogen-bond acceptors (Lipinski definition) is 4. The van der Waals surface area contributed by atoms with Crippen molar-refractivity contribution in [2.75, 3.05) is 26.1 Å². The van der Waals surface area contributed by atoms with Gasteiger partial charge in [0, 0.05) is 22.4 Å². The van der Waals surface area contributed by atoms with Gasteiger partial charge in [0.2, 0.25) is 0 Å². The highest BCUT2D eigenvalue weighted by molar-refractivity contribution is 7.12. The van der Waals surface area contributed by atoms with Crippen molar-refractivity contribution in [3.05, 3.63) is 40.1 Å². The van der Waals surface area contributed by atoms with Crippen LogP contribution < -0.4 is 14.8 Å². The number of ether oxygens (including phenoxy) is 2. The summed E-state index contributed by atoms with van der Waals surface area (Å²) < 4.78 is 10.6. The Balaban J connectivity index is 1.82. The zero-order chi connectivity index (χ0) is 18.5. The molecule has 140 valence electrons. The zero-order valence-corrected chi connectivity index (χ0v) is 16.4. The first-order chi connectivity index (χ1) is 12.6. The Morgan fingerprint density at radius 1 is 1.15 bits per heavy atom. The van der Waals surface area contributed by atoms with Crippen LogP contribution in [0.3, 0.4) is 0 Å². The highest BCUT2D eigenvalue weighted by Crippen LogP contribution is 2.35. The third kappa shape index (κ3) is 4.12. The monoisotopic (exact) mass is 374 g/mol. The molecule has 0 unspecified atom stereocenters. The smallest absolute Gasteiger partial charge is 0.322 e. The molecule has 1 fully saturated rings. The van der Waals surface area contributed by atoms with Crippen LogP contribution in [0.1, 0.15) is 41.5 Å². The summed E-state index contributed by atoms with van der Waals surface area (Å²) in [5, 5.41) is 3.03. The lowest BCUT2D eigenvalue weighted by atomic mass is 10.1. The van der Waals surface area contributed by atoms with E-state index >= 15 is 0 Å². The number of likely N-dealkylation sites (tertiary alicyclic amines) is 1. The molecule has 1 saturated heterocycles. The van der Waals surface area contributed by atoms with Crippen LogP contribution in [-0.4, -0.2) is 31.7 Å². The molecule has 0 bridgehead atoms. The zero-order valence-electron chi connectivity index (χ0n) is 15.6. The topological polar surface area (TPSA) is 50.8 Å². The Morgan fingerprint density at radius 3 is 2.69 bits per heavy atom. The summed E-state index contributed by atoms with van der Waals surface area (Å²) in [6.07, 6.45) is 4.36. The maximum Gasteiger partial charge on any atom is 0.322 e. The number of rotatable bonds is 4. The molecule has 0 saturated carbocycles. The number of nitrogens with zero attached hydrogens (tertiary/aromatic N) is 1. The van der Waals surface area contributed by atoms with Gasteiger partial charge in [-0.05, 0) is 44.0 Å². The van der Waals surface area contributed by atoms with Gasteiger partial charge in [-0.25, -0.2) is 4.79 Å². The van der Waals surface area contributed by atoms with Crippen LogP contribution in [0.15, 0.2) is 30.3 Å². The molecule has 0 spiro atoms. The van der Waals surface area contributed by atoms with Gasteiger partial charge in [0.1, 0.15) is 11.5 Å². The minimum absolute atomic E-state index is 0.0774. The van der Waals surface area contributed by atoms with Crippen molar-refractivity contribution in [1.29, 1.82) is 0 Å². The predicted molar refractivity (Wildman–Crippen MR) is 106 cm³/mol. The molecule has 3 rings (SSSR count). The summed E-state index contributed by atoms with van der Waals surface area (Å²) in [7, 11) is 3.20. The average Bonchev–Trinajstić information content (AvgIpc) is 2.93.